The molecule has 40 heavy (non-hydrogen) atoms. The summed E-state index contributed by atoms with van der Waals surface area (Å²) in [4.78, 5) is 41.5. The van der Waals surface area contributed by atoms with Crippen molar-refractivity contribution in [3.63, 3.8) is 0 Å². The van der Waals surface area contributed by atoms with Crippen LogP contribution in [0.15, 0.2) is 54.7 Å². The van der Waals surface area contributed by atoms with E-state index < -0.39 is 0 Å². The minimum absolute atomic E-state index is 0.000258. The van der Waals surface area contributed by atoms with Crippen molar-refractivity contribution in [2.75, 3.05) is 6.54 Å². The van der Waals surface area contributed by atoms with E-state index in [9.17, 15) is 14.4 Å². The van der Waals surface area contributed by atoms with Gasteiger partial charge in [-0.25, -0.2) is 0 Å². The van der Waals surface area contributed by atoms with Crippen LogP contribution in [0.25, 0.3) is 11.1 Å². The topological polar surface area (TPSA) is 76.1 Å². The zero-order valence-corrected chi connectivity index (χ0v) is 24.2. The number of nitrogens with zero attached hydrogens (tertiary/aromatic N) is 1. The third-order valence-electron chi connectivity index (χ3n) is 8.01. The number of amides is 1. The Morgan fingerprint density at radius 1 is 0.900 bits per heavy atom. The lowest BCUT2D eigenvalue weighted by atomic mass is 9.83. The second kappa shape index (κ2) is 14.2. The van der Waals surface area contributed by atoms with Gasteiger partial charge in [-0.2, -0.15) is 0 Å². The maximum Gasteiger partial charge on any atom is 0.220 e. The SMILES string of the molecule is CC(=O)C[C@H](CC(=O)CNC(=O)CCCCc1cc(C)ccn1)c1ccc(-c2ccc(C)c3c2CCCC3)cc1. The van der Waals surface area contributed by atoms with Crippen LogP contribution in [0.2, 0.25) is 0 Å². The number of aromatic nitrogens is 1. The molecule has 3 aromatic rings. The van der Waals surface area contributed by atoms with Gasteiger partial charge in [0.15, 0.2) is 5.78 Å². The van der Waals surface area contributed by atoms with E-state index >= 15 is 0 Å². The Bertz CT molecular complexity index is 1340. The van der Waals surface area contributed by atoms with E-state index in [4.69, 9.17) is 0 Å². The predicted octanol–water partition coefficient (Wildman–Crippen LogP) is 6.80. The Labute approximate surface area is 238 Å². The molecule has 0 spiro atoms. The van der Waals surface area contributed by atoms with Crippen LogP contribution >= 0.6 is 0 Å². The molecule has 0 aliphatic heterocycles. The molecule has 2 aromatic carbocycles. The summed E-state index contributed by atoms with van der Waals surface area (Å²) in [5.41, 5.74) is 10.0. The van der Waals surface area contributed by atoms with Crippen molar-refractivity contribution in [3.8, 4) is 11.1 Å². The number of nitrogens with one attached hydrogen (secondary N) is 1. The molecule has 1 aliphatic carbocycles. The number of unbranched alkanes of at least 4 members (excludes halogenated alkanes) is 1. The van der Waals surface area contributed by atoms with Crippen LogP contribution in [0, 0.1) is 13.8 Å². The average Bonchev–Trinajstić information content (AvgIpc) is 2.94. The molecule has 0 bridgehead atoms. The Kier molecular flexibility index (Phi) is 10.4. The van der Waals surface area contributed by atoms with E-state index in [-0.39, 0.29) is 36.4 Å². The zero-order chi connectivity index (χ0) is 28.5. The minimum Gasteiger partial charge on any atom is -0.349 e. The predicted molar refractivity (Wildman–Crippen MR) is 160 cm³/mol. The highest BCUT2D eigenvalue weighted by atomic mass is 16.2. The van der Waals surface area contributed by atoms with Gasteiger partial charge in [-0.1, -0.05) is 36.4 Å². The second-order valence-corrected chi connectivity index (χ2v) is 11.4. The van der Waals surface area contributed by atoms with Gasteiger partial charge in [-0.05, 0) is 123 Å². The van der Waals surface area contributed by atoms with Crippen molar-refractivity contribution >= 4 is 17.5 Å². The highest BCUT2D eigenvalue weighted by Crippen LogP contribution is 2.35. The Morgan fingerprint density at radius 3 is 2.38 bits per heavy atom. The summed E-state index contributed by atoms with van der Waals surface area (Å²) in [5, 5.41) is 2.78. The second-order valence-electron chi connectivity index (χ2n) is 11.4. The van der Waals surface area contributed by atoms with Crippen molar-refractivity contribution in [1.82, 2.24) is 10.3 Å². The molecule has 1 heterocycles. The number of pyridine rings is 1. The number of Topliss-reactive ketones (excluding diaryl/α,β-unsaturated/α-hetero) is 2. The molecule has 0 saturated heterocycles. The van der Waals surface area contributed by atoms with Gasteiger partial charge in [0, 0.05) is 31.2 Å². The number of carbonyl (C=O) groups is 3. The molecule has 0 radical (unpaired) electrons. The van der Waals surface area contributed by atoms with Crippen molar-refractivity contribution in [2.45, 2.75) is 90.9 Å². The molecule has 4 rings (SSSR count). The molecule has 5 heteroatoms. The Morgan fingerprint density at radius 2 is 1.65 bits per heavy atom. The molecule has 210 valence electrons. The van der Waals surface area contributed by atoms with Crippen molar-refractivity contribution in [2.24, 2.45) is 0 Å². The lowest BCUT2D eigenvalue weighted by molar-refractivity contribution is -0.125. The van der Waals surface area contributed by atoms with Gasteiger partial charge < -0.3 is 10.1 Å². The van der Waals surface area contributed by atoms with Crippen molar-refractivity contribution < 1.29 is 14.4 Å². The van der Waals surface area contributed by atoms with Gasteiger partial charge in [-0.15, -0.1) is 0 Å². The summed E-state index contributed by atoms with van der Waals surface area (Å²) in [5.74, 6) is -0.300. The standard InChI is InChI=1S/C35H42N2O3/c1-24-18-19-36-30(20-24)8-4-7-11-35(40)37-23-31(39)22-29(21-26(3)38)27-13-15-28(16-14-27)33-17-12-25(2)32-9-5-6-10-34(32)33/h12-20,29H,4-11,21-23H2,1-3H3,(H,37,40)/t29-/m1/s1. The summed E-state index contributed by atoms with van der Waals surface area (Å²) in [6.45, 7) is 5.81. The summed E-state index contributed by atoms with van der Waals surface area (Å²) in [6.07, 6.45) is 9.96. The third kappa shape index (κ3) is 8.20. The van der Waals surface area contributed by atoms with Crippen molar-refractivity contribution in [3.05, 3.63) is 88.2 Å². The quantitative estimate of drug-likeness (QED) is 0.243. The molecule has 1 atom stereocenters. The number of hydrogen-bond acceptors (Lipinski definition) is 4. The van der Waals surface area contributed by atoms with Crippen LogP contribution < -0.4 is 5.32 Å². The Hall–Kier alpha value is -3.60. The molecule has 0 saturated carbocycles. The van der Waals surface area contributed by atoms with E-state index in [1.54, 1.807) is 6.92 Å². The molecule has 0 unspecified atom stereocenters. The first kappa shape index (κ1) is 29.4. The molecule has 1 aliphatic rings. The zero-order valence-electron chi connectivity index (χ0n) is 24.2. The number of aryl methyl sites for hydroxylation is 3. The lowest BCUT2D eigenvalue weighted by Crippen LogP contribution is -2.30. The van der Waals surface area contributed by atoms with Crippen molar-refractivity contribution in [1.29, 1.82) is 0 Å². The van der Waals surface area contributed by atoms with Crippen LogP contribution in [-0.2, 0) is 33.6 Å². The summed E-state index contributed by atoms with van der Waals surface area (Å²) >= 11 is 0. The van der Waals surface area contributed by atoms with E-state index in [0.29, 0.717) is 12.8 Å². The highest BCUT2D eigenvalue weighted by molar-refractivity contribution is 5.87. The van der Waals surface area contributed by atoms with Crippen LogP contribution in [-0.4, -0.2) is 29.0 Å². The van der Waals surface area contributed by atoms with Gasteiger partial charge >= 0.3 is 0 Å². The number of hydrogen-bond donors (Lipinski definition) is 1. The first-order chi connectivity index (χ1) is 19.3. The first-order valence-electron chi connectivity index (χ1n) is 14.7. The summed E-state index contributed by atoms with van der Waals surface area (Å²) in [6, 6.07) is 16.9. The monoisotopic (exact) mass is 538 g/mol. The number of fused-ring (bicyclic) bond motifs is 1. The van der Waals surface area contributed by atoms with E-state index in [1.165, 1.54) is 46.2 Å². The number of benzene rings is 2. The third-order valence-corrected chi connectivity index (χ3v) is 8.01. The minimum atomic E-state index is -0.190. The molecule has 1 aromatic heterocycles. The maximum absolute atomic E-state index is 12.8. The first-order valence-corrected chi connectivity index (χ1v) is 14.7. The molecular formula is C35H42N2O3. The fraction of sp³-hybridized carbons (Fsp3) is 0.429. The highest BCUT2D eigenvalue weighted by Gasteiger charge is 2.20. The number of ketones is 2. The van der Waals surface area contributed by atoms with E-state index in [0.717, 1.165) is 43.4 Å². The molecule has 1 N–H and O–H groups in total. The smallest absolute Gasteiger partial charge is 0.220 e. The largest absolute Gasteiger partial charge is 0.349 e. The normalized spacial score (nSPS) is 13.4. The molecule has 5 nitrogen and oxygen atoms in total. The maximum atomic E-state index is 12.8. The van der Waals surface area contributed by atoms with Gasteiger partial charge in [0.05, 0.1) is 6.54 Å². The summed E-state index contributed by atoms with van der Waals surface area (Å²) < 4.78 is 0. The molecular weight excluding hydrogens is 496 g/mol. The van der Waals surface area contributed by atoms with Crippen LogP contribution in [0.1, 0.15) is 91.3 Å². The van der Waals surface area contributed by atoms with Gasteiger partial charge in [0.25, 0.3) is 0 Å². The van der Waals surface area contributed by atoms with Gasteiger partial charge in [-0.3, -0.25) is 14.6 Å². The molecule has 0 fully saturated rings. The van der Waals surface area contributed by atoms with E-state index in [1.807, 2.05) is 19.2 Å². The fourth-order valence-corrected chi connectivity index (χ4v) is 5.87. The fourth-order valence-electron chi connectivity index (χ4n) is 5.87. The average molecular weight is 539 g/mol. The van der Waals surface area contributed by atoms with Crippen LogP contribution in [0.5, 0.6) is 0 Å². The van der Waals surface area contributed by atoms with E-state index in [2.05, 4.69) is 59.7 Å². The molecule has 1 amide bonds. The van der Waals surface area contributed by atoms with Gasteiger partial charge in [0.2, 0.25) is 5.91 Å². The van der Waals surface area contributed by atoms with Crippen LogP contribution in [0.4, 0.5) is 0 Å². The van der Waals surface area contributed by atoms with Crippen LogP contribution in [0.3, 0.4) is 0 Å². The Balaban J connectivity index is 1.30. The lowest BCUT2D eigenvalue weighted by Gasteiger charge is -2.22. The van der Waals surface area contributed by atoms with Gasteiger partial charge in [0.1, 0.15) is 5.78 Å². The number of rotatable bonds is 13. The number of carbonyl (C=O) groups excluding carboxylic acids is 3. The summed E-state index contributed by atoms with van der Waals surface area (Å²) in [7, 11) is 0.